The van der Waals surface area contributed by atoms with Gasteiger partial charge in [-0.15, -0.1) is 0 Å². The topological polar surface area (TPSA) is 80.8 Å². The number of ketones is 1. The molecule has 7 heteroatoms. The summed E-state index contributed by atoms with van der Waals surface area (Å²) >= 11 is 0. The highest BCUT2D eigenvalue weighted by atomic mass is 32.2. The molecule has 3 rings (SSSR count). The molecule has 29 heavy (non-hydrogen) atoms. The zero-order valence-corrected chi connectivity index (χ0v) is 17.7. The summed E-state index contributed by atoms with van der Waals surface area (Å²) in [6, 6.07) is 11.1. The maximum absolute atomic E-state index is 13.0. The van der Waals surface area contributed by atoms with Gasteiger partial charge in [-0.1, -0.05) is 35.4 Å². The Balaban J connectivity index is 1.71. The summed E-state index contributed by atoms with van der Waals surface area (Å²) in [5.41, 5.74) is 3.21. The van der Waals surface area contributed by atoms with E-state index in [-0.39, 0.29) is 17.2 Å². The van der Waals surface area contributed by atoms with Gasteiger partial charge in [0.25, 0.3) is 0 Å². The van der Waals surface area contributed by atoms with Crippen molar-refractivity contribution in [1.29, 1.82) is 0 Å². The van der Waals surface area contributed by atoms with Crippen LogP contribution in [0.4, 0.5) is 0 Å². The van der Waals surface area contributed by atoms with E-state index in [4.69, 9.17) is 4.74 Å². The molecule has 0 bridgehead atoms. The maximum Gasteiger partial charge on any atom is 0.324 e. The Morgan fingerprint density at radius 3 is 2.38 bits per heavy atom. The molecule has 1 aliphatic rings. The highest BCUT2D eigenvalue weighted by Crippen LogP contribution is 2.27. The average molecular weight is 416 g/mol. The monoisotopic (exact) mass is 415 g/mol. The molecule has 0 radical (unpaired) electrons. The molecule has 1 saturated heterocycles. The first-order chi connectivity index (χ1) is 13.7. The predicted octanol–water partition coefficient (Wildman–Crippen LogP) is 3.19. The highest BCUT2D eigenvalue weighted by Gasteiger charge is 2.40. The minimum absolute atomic E-state index is 0.147. The van der Waals surface area contributed by atoms with E-state index in [9.17, 15) is 18.0 Å². The number of nitrogens with zero attached hydrogens (tertiary/aromatic N) is 1. The van der Waals surface area contributed by atoms with E-state index in [2.05, 4.69) is 0 Å². The fraction of sp³-hybridized carbons (Fsp3) is 0.364. The Hall–Kier alpha value is -2.51. The summed E-state index contributed by atoms with van der Waals surface area (Å²) in [7, 11) is -3.81. The minimum Gasteiger partial charge on any atom is -0.456 e. The fourth-order valence-electron chi connectivity index (χ4n) is 3.46. The molecule has 0 aliphatic carbocycles. The lowest BCUT2D eigenvalue weighted by Crippen LogP contribution is -2.41. The third-order valence-electron chi connectivity index (χ3n) is 5.14. The molecule has 0 aromatic heterocycles. The van der Waals surface area contributed by atoms with Crippen LogP contribution in [0.5, 0.6) is 0 Å². The standard InChI is InChI=1S/C22H25NO5S/c1-15-7-10-18(11-8-15)29(26,27)23-12-4-5-20(23)22(25)28-14-21(24)19-13-16(2)6-9-17(19)3/h6-11,13,20H,4-5,12,14H2,1-3H3/t20-/m0/s1. The average Bonchev–Trinajstić information content (AvgIpc) is 3.19. The van der Waals surface area contributed by atoms with Crippen LogP contribution >= 0.6 is 0 Å². The molecule has 0 saturated carbocycles. The Morgan fingerprint density at radius 2 is 1.69 bits per heavy atom. The normalized spacial score (nSPS) is 17.3. The van der Waals surface area contributed by atoms with Crippen molar-refractivity contribution in [3.05, 3.63) is 64.7 Å². The number of benzene rings is 2. The zero-order valence-electron chi connectivity index (χ0n) is 16.8. The van der Waals surface area contributed by atoms with Crippen LogP contribution < -0.4 is 0 Å². The minimum atomic E-state index is -3.81. The van der Waals surface area contributed by atoms with Crippen molar-refractivity contribution in [3.8, 4) is 0 Å². The van der Waals surface area contributed by atoms with Crippen LogP contribution in [-0.2, 0) is 19.6 Å². The number of rotatable bonds is 6. The van der Waals surface area contributed by atoms with Gasteiger partial charge in [-0.25, -0.2) is 8.42 Å². The van der Waals surface area contributed by atoms with Crippen LogP contribution in [0.3, 0.4) is 0 Å². The smallest absolute Gasteiger partial charge is 0.324 e. The van der Waals surface area contributed by atoms with Gasteiger partial charge in [0.2, 0.25) is 15.8 Å². The van der Waals surface area contributed by atoms with Crippen LogP contribution in [0.15, 0.2) is 47.4 Å². The van der Waals surface area contributed by atoms with Crippen molar-refractivity contribution in [2.45, 2.75) is 44.6 Å². The number of carbonyl (C=O) groups is 2. The maximum atomic E-state index is 13.0. The van der Waals surface area contributed by atoms with Crippen LogP contribution in [0, 0.1) is 20.8 Å². The van der Waals surface area contributed by atoms with Gasteiger partial charge in [0.1, 0.15) is 6.04 Å². The second kappa shape index (κ2) is 8.47. The number of sulfonamides is 1. The molecular formula is C22H25NO5S. The fourth-order valence-corrected chi connectivity index (χ4v) is 5.10. The first-order valence-corrected chi connectivity index (χ1v) is 11.0. The molecule has 154 valence electrons. The molecule has 6 nitrogen and oxygen atoms in total. The molecule has 0 amide bonds. The first kappa shape index (κ1) is 21.2. The molecule has 1 aliphatic heterocycles. The summed E-state index contributed by atoms with van der Waals surface area (Å²) in [6.07, 6.45) is 0.942. The van der Waals surface area contributed by atoms with E-state index in [1.165, 1.54) is 16.4 Å². The highest BCUT2D eigenvalue weighted by molar-refractivity contribution is 7.89. The van der Waals surface area contributed by atoms with E-state index in [1.54, 1.807) is 18.2 Å². The van der Waals surface area contributed by atoms with Gasteiger partial charge in [-0.2, -0.15) is 4.31 Å². The van der Waals surface area contributed by atoms with E-state index >= 15 is 0 Å². The van der Waals surface area contributed by atoms with Gasteiger partial charge >= 0.3 is 5.97 Å². The van der Waals surface area contributed by atoms with Crippen molar-refractivity contribution in [2.24, 2.45) is 0 Å². The predicted molar refractivity (Wildman–Crippen MR) is 109 cm³/mol. The number of Topliss-reactive ketones (excluding diaryl/α,β-unsaturated/α-hetero) is 1. The van der Waals surface area contributed by atoms with Crippen molar-refractivity contribution in [2.75, 3.05) is 13.2 Å². The van der Waals surface area contributed by atoms with Gasteiger partial charge in [0.05, 0.1) is 4.90 Å². The van der Waals surface area contributed by atoms with Gasteiger partial charge < -0.3 is 4.74 Å². The number of hydrogen-bond acceptors (Lipinski definition) is 5. The molecular weight excluding hydrogens is 390 g/mol. The van der Waals surface area contributed by atoms with E-state index in [0.29, 0.717) is 18.4 Å². The number of carbonyl (C=O) groups excluding carboxylic acids is 2. The molecule has 1 fully saturated rings. The second-order valence-electron chi connectivity index (χ2n) is 7.44. The molecule has 0 N–H and O–H groups in total. The van der Waals surface area contributed by atoms with Crippen LogP contribution in [0.25, 0.3) is 0 Å². The van der Waals surface area contributed by atoms with Crippen molar-refractivity contribution >= 4 is 21.8 Å². The third kappa shape index (κ3) is 4.57. The number of aryl methyl sites for hydroxylation is 3. The molecule has 2 aromatic carbocycles. The Bertz CT molecular complexity index is 1030. The molecule has 1 atom stereocenters. The van der Waals surface area contributed by atoms with Gasteiger partial charge in [-0.05, 0) is 57.4 Å². The van der Waals surface area contributed by atoms with E-state index < -0.39 is 28.6 Å². The van der Waals surface area contributed by atoms with E-state index in [1.807, 2.05) is 32.9 Å². The van der Waals surface area contributed by atoms with Crippen LogP contribution in [0.1, 0.15) is 39.9 Å². The zero-order chi connectivity index (χ0) is 21.2. The lowest BCUT2D eigenvalue weighted by atomic mass is 10.0. The lowest BCUT2D eigenvalue weighted by Gasteiger charge is -2.22. The lowest BCUT2D eigenvalue weighted by molar-refractivity contribution is -0.146. The Labute approximate surface area is 171 Å². The van der Waals surface area contributed by atoms with Crippen molar-refractivity contribution in [1.82, 2.24) is 4.31 Å². The number of ether oxygens (including phenoxy) is 1. The third-order valence-corrected chi connectivity index (χ3v) is 7.06. The summed E-state index contributed by atoms with van der Waals surface area (Å²) in [6.45, 7) is 5.42. The van der Waals surface area contributed by atoms with Crippen LogP contribution in [0.2, 0.25) is 0 Å². The summed E-state index contributed by atoms with van der Waals surface area (Å²) in [5.74, 6) is -0.984. The van der Waals surface area contributed by atoms with Gasteiger partial charge in [-0.3, -0.25) is 9.59 Å². The number of hydrogen-bond donors (Lipinski definition) is 0. The van der Waals surface area contributed by atoms with Gasteiger partial charge in [0, 0.05) is 12.1 Å². The summed E-state index contributed by atoms with van der Waals surface area (Å²) in [4.78, 5) is 25.2. The van der Waals surface area contributed by atoms with Gasteiger partial charge in [0.15, 0.2) is 6.61 Å². The quantitative estimate of drug-likeness (QED) is 0.535. The Morgan fingerprint density at radius 1 is 1.03 bits per heavy atom. The molecule has 0 spiro atoms. The van der Waals surface area contributed by atoms with Crippen molar-refractivity contribution in [3.63, 3.8) is 0 Å². The summed E-state index contributed by atoms with van der Waals surface area (Å²) in [5, 5.41) is 0. The summed E-state index contributed by atoms with van der Waals surface area (Å²) < 4.78 is 32.3. The SMILES string of the molecule is Cc1ccc(S(=O)(=O)N2CCC[C@H]2C(=O)OCC(=O)c2cc(C)ccc2C)cc1. The van der Waals surface area contributed by atoms with E-state index in [0.717, 1.165) is 16.7 Å². The Kier molecular flexibility index (Phi) is 6.19. The number of esters is 1. The second-order valence-corrected chi connectivity index (χ2v) is 9.33. The molecule has 0 unspecified atom stereocenters. The largest absolute Gasteiger partial charge is 0.456 e. The molecule has 2 aromatic rings. The first-order valence-electron chi connectivity index (χ1n) is 9.56. The molecule has 1 heterocycles. The van der Waals surface area contributed by atoms with Crippen LogP contribution in [-0.4, -0.2) is 43.7 Å². The van der Waals surface area contributed by atoms with Crippen molar-refractivity contribution < 1.29 is 22.7 Å².